The van der Waals surface area contributed by atoms with Crippen molar-refractivity contribution in [1.29, 1.82) is 0 Å². The van der Waals surface area contributed by atoms with E-state index < -0.39 is 25.8 Å². The van der Waals surface area contributed by atoms with Crippen LogP contribution in [0.4, 0.5) is 0 Å². The van der Waals surface area contributed by atoms with Crippen molar-refractivity contribution in [1.82, 2.24) is 0 Å². The Bertz CT molecular complexity index is 266. The number of hydrogen-bond acceptors (Lipinski definition) is 8. The molecule has 9 nitrogen and oxygen atoms in total. The number of hydrogen-bond donors (Lipinski definition) is 2. The van der Waals surface area contributed by atoms with E-state index in [0.29, 0.717) is 0 Å². The minimum Gasteiger partial charge on any atom is -0.822 e. The predicted molar refractivity (Wildman–Crippen MR) is 37.5 cm³/mol. The Kier molecular flexibility index (Phi) is 41.9. The van der Waals surface area contributed by atoms with Gasteiger partial charge < -0.3 is 40.0 Å². The maximum absolute atomic E-state index is 9.97. The number of carboxylic acids is 2. The van der Waals surface area contributed by atoms with Crippen LogP contribution in [0.2, 0.25) is 0 Å². The smallest absolute Gasteiger partial charge is 0.822 e. The van der Waals surface area contributed by atoms with E-state index in [9.17, 15) is 14.7 Å². The van der Waals surface area contributed by atoms with Crippen molar-refractivity contribution < 1.29 is 157 Å². The number of nitrogens with two attached hydrogens (primary N) is 1. The number of carbonyl (C=O) groups is 2. The van der Waals surface area contributed by atoms with Crippen LogP contribution >= 0.6 is 7.82 Å². The number of phosphoric acid groups is 1. The van der Waals surface area contributed by atoms with Crippen LogP contribution in [-0.2, 0) is 14.2 Å². The third-order valence-corrected chi connectivity index (χ3v) is 0.977. The van der Waals surface area contributed by atoms with Crippen LogP contribution in [0.25, 0.3) is 0 Å². The molecule has 0 aliphatic carbocycles. The number of carbonyl (C=O) groups excluding carboxylic acids is 1. The minimum atomic E-state index is -5.39. The third kappa shape index (κ3) is 52.6. The first-order valence-electron chi connectivity index (χ1n) is 3.45. The molecule has 0 spiro atoms. The van der Waals surface area contributed by atoms with Gasteiger partial charge in [0.15, 0.2) is 0 Å². The molecule has 19 heavy (non-hydrogen) atoms. The zero-order chi connectivity index (χ0) is 12.6. The van der Waals surface area contributed by atoms with Crippen LogP contribution in [0.15, 0.2) is 0 Å². The standard InChI is InChI=1S/C5H9NO4.4Na.H3O4P/c6-3(5(9)10)1-2-4(7)8;;;;;1-5(2,3)4/h3H,1-2,6H2,(H,7,8)(H,9,10);;;;;(H3,1,2,3,4)/q;4*+1;/p-4/t3-;;;;;/m0...../s1. The fraction of sp³-hybridized carbons (Fsp3) is 0.600. The van der Waals surface area contributed by atoms with Crippen molar-refractivity contribution in [3.8, 4) is 0 Å². The van der Waals surface area contributed by atoms with E-state index in [2.05, 4.69) is 0 Å². The molecule has 3 N–H and O–H groups in total. The van der Waals surface area contributed by atoms with E-state index in [4.69, 9.17) is 30.1 Å². The summed E-state index contributed by atoms with van der Waals surface area (Å²) >= 11 is 0. The van der Waals surface area contributed by atoms with Gasteiger partial charge in [-0.05, 0) is 12.8 Å². The van der Waals surface area contributed by atoms with Crippen LogP contribution < -0.4 is 144 Å². The largest absolute Gasteiger partial charge is 1.00 e. The van der Waals surface area contributed by atoms with Crippen molar-refractivity contribution in [2.24, 2.45) is 5.73 Å². The monoisotopic (exact) mass is 333 g/mol. The van der Waals surface area contributed by atoms with Gasteiger partial charge in [-0.3, -0.25) is 4.79 Å². The summed E-state index contributed by atoms with van der Waals surface area (Å²) in [4.78, 5) is 45.4. The molecular formula is C5H8NNa4O8P. The van der Waals surface area contributed by atoms with E-state index in [1.54, 1.807) is 0 Å². The van der Waals surface area contributed by atoms with Crippen LogP contribution in [0, 0.1) is 0 Å². The summed E-state index contributed by atoms with van der Waals surface area (Å²) in [6.07, 6.45) is -0.398. The first kappa shape index (κ1) is 37.9. The number of rotatable bonds is 4. The molecule has 0 rings (SSSR count). The molecule has 0 amide bonds. The summed E-state index contributed by atoms with van der Waals surface area (Å²) in [7, 11) is -5.39. The van der Waals surface area contributed by atoms with Gasteiger partial charge in [0.05, 0.1) is 0 Å². The van der Waals surface area contributed by atoms with E-state index in [0.717, 1.165) is 0 Å². The fourth-order valence-electron chi connectivity index (χ4n) is 0.397. The normalized spacial score (nSPS) is 9.68. The molecular weight excluding hydrogens is 325 g/mol. The Morgan fingerprint density at radius 2 is 1.37 bits per heavy atom. The first-order valence-corrected chi connectivity index (χ1v) is 4.91. The second-order valence-corrected chi connectivity index (χ2v) is 3.20. The average Bonchev–Trinajstić information content (AvgIpc) is 1.96. The van der Waals surface area contributed by atoms with Crippen LogP contribution in [0.3, 0.4) is 0 Å². The predicted octanol–water partition coefficient (Wildman–Crippen LogP) is -16.9. The molecule has 90 valence electrons. The van der Waals surface area contributed by atoms with Gasteiger partial charge in [-0.2, -0.15) is 7.82 Å². The molecule has 14 heteroatoms. The molecule has 0 heterocycles. The van der Waals surface area contributed by atoms with Crippen LogP contribution in [0.1, 0.15) is 12.8 Å². The van der Waals surface area contributed by atoms with Crippen molar-refractivity contribution in [3.63, 3.8) is 0 Å². The molecule has 0 saturated heterocycles. The summed E-state index contributed by atoms with van der Waals surface area (Å²) in [6, 6.07) is -1.10. The first-order chi connectivity index (χ1) is 6.54. The Morgan fingerprint density at radius 3 is 1.53 bits per heavy atom. The zero-order valence-corrected chi connectivity index (χ0v) is 20.2. The Labute approximate surface area is 198 Å². The topological polar surface area (TPSA) is 190 Å². The fourth-order valence-corrected chi connectivity index (χ4v) is 0.397. The molecule has 1 atom stereocenters. The summed E-state index contributed by atoms with van der Waals surface area (Å²) < 4.78 is 8.55. The van der Waals surface area contributed by atoms with E-state index >= 15 is 0 Å². The van der Waals surface area contributed by atoms with Gasteiger partial charge in [-0.25, -0.2) is 0 Å². The third-order valence-electron chi connectivity index (χ3n) is 0.977. The maximum Gasteiger partial charge on any atom is 1.00 e. The van der Waals surface area contributed by atoms with E-state index in [-0.39, 0.29) is 131 Å². The summed E-state index contributed by atoms with van der Waals surface area (Å²) in [5, 5.41) is 17.9. The molecule has 0 aliphatic rings. The van der Waals surface area contributed by atoms with Crippen molar-refractivity contribution >= 4 is 19.8 Å². The van der Waals surface area contributed by atoms with Gasteiger partial charge >= 0.3 is 124 Å². The van der Waals surface area contributed by atoms with Gasteiger partial charge in [-0.15, -0.1) is 0 Å². The summed E-state index contributed by atoms with van der Waals surface area (Å²) in [5.74, 6) is -2.47. The SMILES string of the molecule is N[C@@H](CCC(=O)[O-])C(=O)O.O=P([O-])([O-])[O-].[Na+].[Na+].[Na+].[Na+]. The summed E-state index contributed by atoms with van der Waals surface area (Å²) in [6.45, 7) is 0. The average molecular weight is 333 g/mol. The molecule has 0 aromatic carbocycles. The molecule has 0 unspecified atom stereocenters. The second kappa shape index (κ2) is 21.0. The Hall–Kier alpha value is 3.01. The van der Waals surface area contributed by atoms with Crippen LogP contribution in [0.5, 0.6) is 0 Å². The van der Waals surface area contributed by atoms with E-state index in [1.807, 2.05) is 0 Å². The van der Waals surface area contributed by atoms with Crippen LogP contribution in [-0.4, -0.2) is 23.1 Å². The van der Waals surface area contributed by atoms with Gasteiger partial charge in [0.25, 0.3) is 0 Å². The van der Waals surface area contributed by atoms with Gasteiger partial charge in [0.2, 0.25) is 0 Å². The number of aliphatic carboxylic acids is 2. The molecule has 0 fully saturated rings. The summed E-state index contributed by atoms with van der Waals surface area (Å²) in [5.41, 5.74) is 4.97. The van der Waals surface area contributed by atoms with Crippen molar-refractivity contribution in [2.45, 2.75) is 18.9 Å². The quantitative estimate of drug-likeness (QED) is 0.371. The number of carboxylic acid groups (broad SMARTS) is 2. The van der Waals surface area contributed by atoms with Gasteiger partial charge in [-0.1, -0.05) is 0 Å². The molecule has 0 aromatic heterocycles. The zero-order valence-electron chi connectivity index (χ0n) is 11.3. The van der Waals surface area contributed by atoms with Crippen molar-refractivity contribution in [3.05, 3.63) is 0 Å². The van der Waals surface area contributed by atoms with E-state index in [1.165, 1.54) is 0 Å². The molecule has 0 saturated carbocycles. The molecule has 0 aromatic rings. The molecule has 0 radical (unpaired) electrons. The molecule has 0 aliphatic heterocycles. The maximum atomic E-state index is 9.97. The minimum absolute atomic E-state index is 0. The van der Waals surface area contributed by atoms with Gasteiger partial charge in [0.1, 0.15) is 6.04 Å². The second-order valence-electron chi connectivity index (χ2n) is 2.30. The van der Waals surface area contributed by atoms with Crippen molar-refractivity contribution in [2.75, 3.05) is 0 Å². The Balaban J connectivity index is -0.0000000418. The Morgan fingerprint density at radius 1 is 1.11 bits per heavy atom. The molecule has 0 bridgehead atoms. The van der Waals surface area contributed by atoms with Gasteiger partial charge in [0, 0.05) is 5.97 Å².